The van der Waals surface area contributed by atoms with Crippen LogP contribution in [0.1, 0.15) is 31.7 Å². The summed E-state index contributed by atoms with van der Waals surface area (Å²) in [4.78, 5) is 7.91. The Morgan fingerprint density at radius 1 is 1.32 bits per heavy atom. The summed E-state index contributed by atoms with van der Waals surface area (Å²) in [5.41, 5.74) is 6.84. The summed E-state index contributed by atoms with van der Waals surface area (Å²) < 4.78 is 6.35. The summed E-state index contributed by atoms with van der Waals surface area (Å²) in [5.74, 6) is 1.89. The zero-order chi connectivity index (χ0) is 13.8. The molecule has 0 amide bonds. The maximum absolute atomic E-state index is 5.68. The van der Waals surface area contributed by atoms with Crippen molar-refractivity contribution in [2.45, 2.75) is 26.2 Å². The summed E-state index contributed by atoms with van der Waals surface area (Å²) in [6.45, 7) is 4.38. The van der Waals surface area contributed by atoms with Crippen LogP contribution in [0.3, 0.4) is 0 Å². The highest BCUT2D eigenvalue weighted by Crippen LogP contribution is 2.28. The molecule has 19 heavy (non-hydrogen) atoms. The first-order chi connectivity index (χ1) is 9.10. The number of aromatic nitrogens is 2. The number of ether oxygens (including phenoxy) is 1. The minimum Gasteiger partial charge on any atom is -0.438 e. The van der Waals surface area contributed by atoms with Gasteiger partial charge in [-0.15, -0.1) is 0 Å². The lowest BCUT2D eigenvalue weighted by Gasteiger charge is -2.10. The molecule has 2 rings (SSSR count). The molecule has 2 aromatic rings. The molecule has 1 aromatic carbocycles. The quantitative estimate of drug-likeness (QED) is 0.919. The van der Waals surface area contributed by atoms with Crippen LogP contribution in [0.25, 0.3) is 0 Å². The molecule has 0 radical (unpaired) electrons. The zero-order valence-corrected chi connectivity index (χ0v) is 12.5. The molecule has 4 nitrogen and oxygen atoms in total. The number of hydrogen-bond donors (Lipinski definition) is 1. The van der Waals surface area contributed by atoms with Gasteiger partial charge in [0.15, 0.2) is 0 Å². The largest absolute Gasteiger partial charge is 0.438 e. The molecule has 100 valence electrons. The second-order valence-electron chi connectivity index (χ2n) is 4.36. The van der Waals surface area contributed by atoms with E-state index < -0.39 is 0 Å². The highest BCUT2D eigenvalue weighted by Gasteiger charge is 2.07. The van der Waals surface area contributed by atoms with Crippen molar-refractivity contribution < 1.29 is 4.74 Å². The first kappa shape index (κ1) is 13.8. The van der Waals surface area contributed by atoms with Gasteiger partial charge in [0.05, 0.1) is 10.7 Å². The van der Waals surface area contributed by atoms with Crippen LogP contribution in [0.15, 0.2) is 34.9 Å². The van der Waals surface area contributed by atoms with E-state index in [4.69, 9.17) is 10.5 Å². The average molecular weight is 322 g/mol. The molecule has 5 heteroatoms. The van der Waals surface area contributed by atoms with Crippen LogP contribution in [0.5, 0.6) is 11.6 Å². The second kappa shape index (κ2) is 6.02. The van der Waals surface area contributed by atoms with Crippen LogP contribution < -0.4 is 10.5 Å². The Morgan fingerprint density at radius 2 is 2.00 bits per heavy atom. The maximum Gasteiger partial charge on any atom is 0.238 e. The number of anilines is 1. The van der Waals surface area contributed by atoms with Crippen molar-refractivity contribution in [2.75, 3.05) is 5.73 Å². The van der Waals surface area contributed by atoms with Gasteiger partial charge in [0.1, 0.15) is 5.75 Å². The van der Waals surface area contributed by atoms with E-state index in [-0.39, 0.29) is 5.95 Å². The molecule has 1 unspecified atom stereocenters. The number of benzene rings is 1. The van der Waals surface area contributed by atoms with Gasteiger partial charge in [0.25, 0.3) is 0 Å². The third kappa shape index (κ3) is 3.44. The van der Waals surface area contributed by atoms with Gasteiger partial charge in [-0.1, -0.05) is 26.0 Å². The van der Waals surface area contributed by atoms with Gasteiger partial charge in [0.2, 0.25) is 11.8 Å². The highest BCUT2D eigenvalue weighted by molar-refractivity contribution is 9.10. The molecule has 0 fully saturated rings. The number of rotatable bonds is 4. The summed E-state index contributed by atoms with van der Waals surface area (Å²) in [6, 6.07) is 8.02. The summed E-state index contributed by atoms with van der Waals surface area (Å²) in [6.07, 6.45) is 2.69. The normalized spacial score (nSPS) is 12.2. The van der Waals surface area contributed by atoms with Gasteiger partial charge in [-0.05, 0) is 46.0 Å². The smallest absolute Gasteiger partial charge is 0.238 e. The average Bonchev–Trinajstić information content (AvgIpc) is 2.43. The Hall–Kier alpha value is -1.62. The van der Waals surface area contributed by atoms with E-state index in [1.165, 1.54) is 5.56 Å². The van der Waals surface area contributed by atoms with Gasteiger partial charge < -0.3 is 10.5 Å². The molecule has 0 aliphatic heterocycles. The highest BCUT2D eigenvalue weighted by atomic mass is 79.9. The Kier molecular flexibility index (Phi) is 4.37. The van der Waals surface area contributed by atoms with E-state index in [0.29, 0.717) is 16.3 Å². The molecule has 1 heterocycles. The standard InChI is InChI=1S/C14H16BrN3O/c1-3-9(2)10-4-6-11(7-5-10)19-13-12(15)8-17-14(16)18-13/h4-9H,3H2,1-2H3,(H2,16,17,18). The van der Waals surface area contributed by atoms with Crippen LogP contribution in [-0.4, -0.2) is 9.97 Å². The van der Waals surface area contributed by atoms with E-state index in [2.05, 4.69) is 51.9 Å². The van der Waals surface area contributed by atoms with Crippen molar-refractivity contribution in [1.29, 1.82) is 0 Å². The van der Waals surface area contributed by atoms with E-state index in [1.807, 2.05) is 12.1 Å². The van der Waals surface area contributed by atoms with Crippen LogP contribution in [0, 0.1) is 0 Å². The Balaban J connectivity index is 2.17. The lowest BCUT2D eigenvalue weighted by atomic mass is 9.99. The van der Waals surface area contributed by atoms with Gasteiger partial charge >= 0.3 is 0 Å². The van der Waals surface area contributed by atoms with Crippen LogP contribution in [-0.2, 0) is 0 Å². The minimum absolute atomic E-state index is 0.189. The fourth-order valence-corrected chi connectivity index (χ4v) is 1.92. The van der Waals surface area contributed by atoms with E-state index in [9.17, 15) is 0 Å². The molecule has 0 bridgehead atoms. The molecular formula is C14H16BrN3O. The Bertz CT molecular complexity index is 557. The van der Waals surface area contributed by atoms with Gasteiger partial charge in [-0.3, -0.25) is 0 Å². The van der Waals surface area contributed by atoms with Crippen molar-refractivity contribution in [3.8, 4) is 11.6 Å². The summed E-state index contributed by atoms with van der Waals surface area (Å²) in [5, 5.41) is 0. The number of nitrogens with two attached hydrogens (primary N) is 1. The molecule has 2 N–H and O–H groups in total. The van der Waals surface area contributed by atoms with Crippen LogP contribution in [0.4, 0.5) is 5.95 Å². The number of nitrogens with zero attached hydrogens (tertiary/aromatic N) is 2. The summed E-state index contributed by atoms with van der Waals surface area (Å²) in [7, 11) is 0. The number of hydrogen-bond acceptors (Lipinski definition) is 4. The van der Waals surface area contributed by atoms with Crippen molar-refractivity contribution in [1.82, 2.24) is 9.97 Å². The van der Waals surface area contributed by atoms with Crippen molar-refractivity contribution in [2.24, 2.45) is 0 Å². The topological polar surface area (TPSA) is 61.0 Å². The fraction of sp³-hybridized carbons (Fsp3) is 0.286. The lowest BCUT2D eigenvalue weighted by molar-refractivity contribution is 0.459. The lowest BCUT2D eigenvalue weighted by Crippen LogP contribution is -1.97. The van der Waals surface area contributed by atoms with Crippen LogP contribution >= 0.6 is 15.9 Å². The van der Waals surface area contributed by atoms with E-state index >= 15 is 0 Å². The first-order valence-corrected chi connectivity index (χ1v) is 6.95. The molecule has 0 aliphatic carbocycles. The van der Waals surface area contributed by atoms with E-state index in [1.54, 1.807) is 6.20 Å². The Morgan fingerprint density at radius 3 is 2.63 bits per heavy atom. The minimum atomic E-state index is 0.189. The monoisotopic (exact) mass is 321 g/mol. The fourth-order valence-electron chi connectivity index (χ4n) is 1.65. The van der Waals surface area contributed by atoms with Crippen molar-refractivity contribution in [3.63, 3.8) is 0 Å². The predicted octanol–water partition coefficient (Wildman–Crippen LogP) is 4.13. The first-order valence-electron chi connectivity index (χ1n) is 6.16. The van der Waals surface area contributed by atoms with Crippen LogP contribution in [0.2, 0.25) is 0 Å². The SMILES string of the molecule is CCC(C)c1ccc(Oc2nc(N)ncc2Br)cc1. The van der Waals surface area contributed by atoms with Gasteiger partial charge in [-0.2, -0.15) is 4.98 Å². The predicted molar refractivity (Wildman–Crippen MR) is 79.4 cm³/mol. The third-order valence-electron chi connectivity index (χ3n) is 3.01. The van der Waals surface area contributed by atoms with Gasteiger partial charge in [-0.25, -0.2) is 4.98 Å². The number of nitrogen functional groups attached to an aromatic ring is 1. The molecular weight excluding hydrogens is 306 g/mol. The molecule has 0 spiro atoms. The zero-order valence-electron chi connectivity index (χ0n) is 10.9. The Labute approximate surface area is 121 Å². The maximum atomic E-state index is 5.68. The third-order valence-corrected chi connectivity index (χ3v) is 3.55. The number of halogens is 1. The van der Waals surface area contributed by atoms with E-state index in [0.717, 1.165) is 12.2 Å². The molecule has 1 aromatic heterocycles. The molecule has 1 atom stereocenters. The molecule has 0 aliphatic rings. The van der Waals surface area contributed by atoms with Crippen molar-refractivity contribution in [3.05, 3.63) is 40.5 Å². The van der Waals surface area contributed by atoms with Gasteiger partial charge in [0, 0.05) is 0 Å². The second-order valence-corrected chi connectivity index (χ2v) is 5.22. The molecule has 0 saturated heterocycles. The van der Waals surface area contributed by atoms with Crippen molar-refractivity contribution >= 4 is 21.9 Å². The molecule has 0 saturated carbocycles. The summed E-state index contributed by atoms with van der Waals surface area (Å²) >= 11 is 3.33.